The Bertz CT molecular complexity index is 353. The summed E-state index contributed by atoms with van der Waals surface area (Å²) in [5.74, 6) is -2.61. The first-order chi connectivity index (χ1) is 9.38. The van der Waals surface area contributed by atoms with Gasteiger partial charge >= 0.3 is 6.18 Å². The average Bonchev–Trinajstić information content (AvgIpc) is 2.87. The van der Waals surface area contributed by atoms with Gasteiger partial charge in [0.25, 0.3) is 0 Å². The molecule has 20 heavy (non-hydrogen) atoms. The highest BCUT2D eigenvalue weighted by molar-refractivity contribution is 6.18. The predicted molar refractivity (Wildman–Crippen MR) is 71.6 cm³/mol. The van der Waals surface area contributed by atoms with Gasteiger partial charge in [-0.3, -0.25) is 4.79 Å². The molecule has 2 aliphatic carbocycles. The third-order valence-electron chi connectivity index (χ3n) is 4.73. The lowest BCUT2D eigenvalue weighted by Gasteiger charge is -2.35. The number of nitrogens with one attached hydrogen (secondary N) is 1. The molecular formula is C14H21ClF3NO. The van der Waals surface area contributed by atoms with E-state index in [0.717, 1.165) is 25.7 Å². The Labute approximate surface area is 122 Å². The Morgan fingerprint density at radius 3 is 2.30 bits per heavy atom. The number of alkyl halides is 4. The largest absolute Gasteiger partial charge is 0.392 e. The van der Waals surface area contributed by atoms with Gasteiger partial charge in [-0.1, -0.05) is 25.7 Å². The minimum absolute atomic E-state index is 0.0649. The van der Waals surface area contributed by atoms with Crippen molar-refractivity contribution in [1.82, 2.24) is 5.32 Å². The molecule has 2 nitrogen and oxygen atoms in total. The van der Waals surface area contributed by atoms with Gasteiger partial charge in [0.2, 0.25) is 5.91 Å². The van der Waals surface area contributed by atoms with Gasteiger partial charge in [-0.2, -0.15) is 13.2 Å². The first kappa shape index (κ1) is 15.9. The van der Waals surface area contributed by atoms with Gasteiger partial charge in [0.1, 0.15) is 0 Å². The van der Waals surface area contributed by atoms with E-state index in [4.69, 9.17) is 11.6 Å². The van der Waals surface area contributed by atoms with Crippen LogP contribution in [0.5, 0.6) is 0 Å². The maximum absolute atomic E-state index is 13.0. The number of hydrogen-bond donors (Lipinski definition) is 1. The highest BCUT2D eigenvalue weighted by atomic mass is 35.5. The zero-order chi connectivity index (χ0) is 14.8. The van der Waals surface area contributed by atoms with E-state index in [2.05, 4.69) is 5.32 Å². The van der Waals surface area contributed by atoms with Crippen LogP contribution in [-0.2, 0) is 4.79 Å². The number of carbonyl (C=O) groups is 1. The van der Waals surface area contributed by atoms with Crippen molar-refractivity contribution in [1.29, 1.82) is 0 Å². The molecular weight excluding hydrogens is 291 g/mol. The van der Waals surface area contributed by atoms with Crippen LogP contribution in [0.2, 0.25) is 0 Å². The molecule has 2 fully saturated rings. The molecule has 2 unspecified atom stereocenters. The summed E-state index contributed by atoms with van der Waals surface area (Å²) in [6.07, 6.45) is 0.835. The van der Waals surface area contributed by atoms with Gasteiger partial charge in [0.05, 0.1) is 11.5 Å². The van der Waals surface area contributed by atoms with Gasteiger partial charge in [-0.25, -0.2) is 0 Å². The molecule has 0 aromatic heterocycles. The number of hydrogen-bond acceptors (Lipinski definition) is 1. The van der Waals surface area contributed by atoms with Crippen molar-refractivity contribution in [2.45, 2.75) is 63.1 Å². The zero-order valence-corrected chi connectivity index (χ0v) is 12.2. The van der Waals surface area contributed by atoms with Gasteiger partial charge in [0, 0.05) is 11.8 Å². The zero-order valence-electron chi connectivity index (χ0n) is 11.4. The fraction of sp³-hybridized carbons (Fsp3) is 0.929. The molecule has 0 aromatic carbocycles. The van der Waals surface area contributed by atoms with E-state index in [1.165, 1.54) is 0 Å². The summed E-state index contributed by atoms with van der Waals surface area (Å²) in [5.41, 5.74) is -0.480. The molecule has 2 atom stereocenters. The molecule has 0 heterocycles. The van der Waals surface area contributed by atoms with Crippen LogP contribution in [0.4, 0.5) is 13.2 Å². The SMILES string of the molecule is O=C(NC1(CCl)CCCC1)C1CCCCC1C(F)(F)F. The van der Waals surface area contributed by atoms with Crippen molar-refractivity contribution in [3.8, 4) is 0 Å². The Balaban J connectivity index is 2.06. The molecule has 0 radical (unpaired) electrons. The number of rotatable bonds is 3. The molecule has 2 rings (SSSR count). The van der Waals surface area contributed by atoms with Crippen LogP contribution in [0.3, 0.4) is 0 Å². The second-order valence-electron chi connectivity index (χ2n) is 6.15. The van der Waals surface area contributed by atoms with Crippen molar-refractivity contribution >= 4 is 17.5 Å². The number of carbonyl (C=O) groups excluding carboxylic acids is 1. The summed E-state index contributed by atoms with van der Waals surface area (Å²) in [4.78, 5) is 12.3. The van der Waals surface area contributed by atoms with E-state index in [0.29, 0.717) is 19.3 Å². The summed E-state index contributed by atoms with van der Waals surface area (Å²) in [7, 11) is 0. The first-order valence-corrected chi connectivity index (χ1v) is 7.86. The molecule has 6 heteroatoms. The quantitative estimate of drug-likeness (QED) is 0.784. The molecule has 1 N–H and O–H groups in total. The van der Waals surface area contributed by atoms with Crippen molar-refractivity contribution in [2.75, 3.05) is 5.88 Å². The normalized spacial score (nSPS) is 30.2. The average molecular weight is 312 g/mol. The van der Waals surface area contributed by atoms with Gasteiger partial charge in [-0.15, -0.1) is 11.6 Å². The molecule has 2 saturated carbocycles. The van der Waals surface area contributed by atoms with Crippen LogP contribution in [0.1, 0.15) is 51.4 Å². The topological polar surface area (TPSA) is 29.1 Å². The fourth-order valence-electron chi connectivity index (χ4n) is 3.53. The monoisotopic (exact) mass is 311 g/mol. The highest BCUT2D eigenvalue weighted by Crippen LogP contribution is 2.42. The maximum atomic E-state index is 13.0. The standard InChI is InChI=1S/C14H21ClF3NO/c15-9-13(7-3-4-8-13)19-12(20)10-5-1-2-6-11(10)14(16,17)18/h10-11H,1-9H2,(H,19,20). The predicted octanol–water partition coefficient (Wildman–Crippen LogP) is 4.02. The summed E-state index contributed by atoms with van der Waals surface area (Å²) in [5, 5.41) is 2.84. The molecule has 0 aliphatic heterocycles. The number of amides is 1. The Hall–Kier alpha value is -0.450. The Morgan fingerprint density at radius 1 is 1.15 bits per heavy atom. The van der Waals surface area contributed by atoms with Crippen LogP contribution < -0.4 is 5.32 Å². The summed E-state index contributed by atoms with van der Waals surface area (Å²) >= 11 is 5.94. The lowest BCUT2D eigenvalue weighted by atomic mass is 9.77. The lowest BCUT2D eigenvalue weighted by Crippen LogP contribution is -2.52. The van der Waals surface area contributed by atoms with Crippen molar-refractivity contribution < 1.29 is 18.0 Å². The Kier molecular flexibility index (Phi) is 4.88. The van der Waals surface area contributed by atoms with Crippen molar-refractivity contribution in [3.63, 3.8) is 0 Å². The van der Waals surface area contributed by atoms with E-state index in [9.17, 15) is 18.0 Å². The highest BCUT2D eigenvalue weighted by Gasteiger charge is 2.49. The van der Waals surface area contributed by atoms with E-state index < -0.39 is 29.5 Å². The molecule has 2 aliphatic rings. The van der Waals surface area contributed by atoms with E-state index in [1.54, 1.807) is 0 Å². The molecule has 116 valence electrons. The smallest absolute Gasteiger partial charge is 0.349 e. The summed E-state index contributed by atoms with van der Waals surface area (Å²) < 4.78 is 39.1. The second-order valence-corrected chi connectivity index (χ2v) is 6.42. The molecule has 1 amide bonds. The third kappa shape index (κ3) is 3.41. The van der Waals surface area contributed by atoms with E-state index >= 15 is 0 Å². The van der Waals surface area contributed by atoms with Crippen molar-refractivity contribution in [2.24, 2.45) is 11.8 Å². The molecule has 0 spiro atoms. The Morgan fingerprint density at radius 2 is 1.75 bits per heavy atom. The minimum atomic E-state index is -4.29. The number of halogens is 4. The molecule has 0 aromatic rings. The van der Waals surface area contributed by atoms with Crippen LogP contribution in [-0.4, -0.2) is 23.5 Å². The summed E-state index contributed by atoms with van der Waals surface area (Å²) in [6, 6.07) is 0. The van der Waals surface area contributed by atoms with E-state index in [-0.39, 0.29) is 12.3 Å². The van der Waals surface area contributed by atoms with Crippen LogP contribution in [0.25, 0.3) is 0 Å². The lowest BCUT2D eigenvalue weighted by molar-refractivity contribution is -0.198. The van der Waals surface area contributed by atoms with Crippen LogP contribution >= 0.6 is 11.6 Å². The second kappa shape index (κ2) is 6.12. The maximum Gasteiger partial charge on any atom is 0.392 e. The summed E-state index contributed by atoms with van der Waals surface area (Å²) in [6.45, 7) is 0. The van der Waals surface area contributed by atoms with Gasteiger partial charge in [-0.05, 0) is 25.7 Å². The van der Waals surface area contributed by atoms with Crippen LogP contribution in [0.15, 0.2) is 0 Å². The fourth-order valence-corrected chi connectivity index (χ4v) is 3.87. The molecule has 0 bridgehead atoms. The first-order valence-electron chi connectivity index (χ1n) is 7.33. The van der Waals surface area contributed by atoms with Crippen molar-refractivity contribution in [3.05, 3.63) is 0 Å². The molecule has 0 saturated heterocycles. The van der Waals surface area contributed by atoms with Gasteiger partial charge in [0.15, 0.2) is 0 Å². The van der Waals surface area contributed by atoms with E-state index in [1.807, 2.05) is 0 Å². The van der Waals surface area contributed by atoms with Gasteiger partial charge < -0.3 is 5.32 Å². The third-order valence-corrected chi connectivity index (χ3v) is 5.24. The minimum Gasteiger partial charge on any atom is -0.349 e. The van der Waals surface area contributed by atoms with Crippen LogP contribution in [0, 0.1) is 11.8 Å².